The lowest BCUT2D eigenvalue weighted by Gasteiger charge is -2.14. The van der Waals surface area contributed by atoms with Crippen LogP contribution in [-0.2, 0) is 9.59 Å². The van der Waals surface area contributed by atoms with Gasteiger partial charge in [0.05, 0.1) is 5.29 Å². The molecule has 0 aromatic rings. The van der Waals surface area contributed by atoms with Crippen molar-refractivity contribution in [3.8, 4) is 0 Å². The van der Waals surface area contributed by atoms with Gasteiger partial charge in [0.1, 0.15) is 0 Å². The van der Waals surface area contributed by atoms with Gasteiger partial charge in [-0.1, -0.05) is 0 Å². The summed E-state index contributed by atoms with van der Waals surface area (Å²) >= 11 is 0. The molecule has 0 aliphatic carbocycles. The lowest BCUT2D eigenvalue weighted by atomic mass is 10.3. The van der Waals surface area contributed by atoms with E-state index in [4.69, 9.17) is 5.11 Å². The fourth-order valence-electron chi connectivity index (χ4n) is 0.506. The largest absolute Gasteiger partial charge is 0.480 e. The fraction of sp³-hybridized carbons (Fsp3) is 0.600. The van der Waals surface area contributed by atoms with Gasteiger partial charge in [-0.2, -0.15) is 5.01 Å². The first-order valence-corrected chi connectivity index (χ1v) is 2.86. The van der Waals surface area contributed by atoms with Crippen LogP contribution in [0.2, 0.25) is 0 Å². The van der Waals surface area contributed by atoms with Gasteiger partial charge in [0.2, 0.25) is 5.91 Å². The predicted octanol–water partition coefficient (Wildman–Crippen LogP) is -0.0106. The topological polar surface area (TPSA) is 87.0 Å². The van der Waals surface area contributed by atoms with E-state index < -0.39 is 17.9 Å². The molecule has 0 radical (unpaired) electrons. The zero-order valence-electron chi connectivity index (χ0n) is 6.14. The van der Waals surface area contributed by atoms with Crippen molar-refractivity contribution in [2.24, 2.45) is 5.29 Å². The van der Waals surface area contributed by atoms with E-state index in [1.807, 2.05) is 0 Å². The monoisotopic (exact) mass is 160 g/mol. The van der Waals surface area contributed by atoms with Crippen molar-refractivity contribution in [2.75, 3.05) is 0 Å². The van der Waals surface area contributed by atoms with Gasteiger partial charge in [0, 0.05) is 6.92 Å². The molecule has 0 aromatic carbocycles. The Balaban J connectivity index is 4.37. The number of aliphatic carboxylic acids is 1. The van der Waals surface area contributed by atoms with E-state index in [0.29, 0.717) is 5.01 Å². The number of carboxylic acids is 1. The van der Waals surface area contributed by atoms with Gasteiger partial charge in [-0.05, 0) is 6.92 Å². The Labute approximate surface area is 62.7 Å². The van der Waals surface area contributed by atoms with Crippen LogP contribution in [0.1, 0.15) is 13.8 Å². The van der Waals surface area contributed by atoms with Crippen LogP contribution in [-0.4, -0.2) is 28.0 Å². The van der Waals surface area contributed by atoms with Crippen LogP contribution in [0.15, 0.2) is 5.29 Å². The van der Waals surface area contributed by atoms with Crippen molar-refractivity contribution in [1.29, 1.82) is 0 Å². The van der Waals surface area contributed by atoms with E-state index in [-0.39, 0.29) is 0 Å². The quantitative estimate of drug-likeness (QED) is 0.464. The Morgan fingerprint density at radius 2 is 2.00 bits per heavy atom. The molecule has 11 heavy (non-hydrogen) atoms. The van der Waals surface area contributed by atoms with Crippen molar-refractivity contribution >= 4 is 11.9 Å². The van der Waals surface area contributed by atoms with Crippen LogP contribution in [0.25, 0.3) is 0 Å². The van der Waals surface area contributed by atoms with Crippen molar-refractivity contribution in [3.63, 3.8) is 0 Å². The van der Waals surface area contributed by atoms with E-state index in [1.165, 1.54) is 6.92 Å². The zero-order chi connectivity index (χ0) is 9.02. The highest BCUT2D eigenvalue weighted by atomic mass is 16.4. The Hall–Kier alpha value is -1.46. The molecule has 0 aromatic heterocycles. The van der Waals surface area contributed by atoms with Crippen LogP contribution in [0.5, 0.6) is 0 Å². The molecule has 0 rings (SSSR count). The lowest BCUT2D eigenvalue weighted by Crippen LogP contribution is -2.37. The molecule has 1 N–H and O–H groups in total. The maximum Gasteiger partial charge on any atom is 0.328 e. The van der Waals surface area contributed by atoms with E-state index in [2.05, 4.69) is 5.29 Å². The Morgan fingerprint density at radius 1 is 1.55 bits per heavy atom. The minimum atomic E-state index is -1.26. The standard InChI is InChI=1S/C5H8N2O4/c1-3(5(9)10)7(6-11)4(2)8/h3H,1-2H3,(H,9,10)/t3-/m0/s1. The maximum absolute atomic E-state index is 10.5. The zero-order valence-corrected chi connectivity index (χ0v) is 6.14. The molecule has 1 atom stereocenters. The second kappa shape index (κ2) is 3.65. The van der Waals surface area contributed by atoms with Crippen LogP contribution in [0.3, 0.4) is 0 Å². The molecule has 0 saturated carbocycles. The minimum absolute atomic E-state index is 0.363. The van der Waals surface area contributed by atoms with Gasteiger partial charge in [0.15, 0.2) is 6.04 Å². The lowest BCUT2D eigenvalue weighted by molar-refractivity contribution is -0.148. The summed E-state index contributed by atoms with van der Waals surface area (Å²) in [6.07, 6.45) is 0. The summed E-state index contributed by atoms with van der Waals surface area (Å²) in [5, 5.41) is 11.0. The van der Waals surface area contributed by atoms with Crippen molar-refractivity contribution in [3.05, 3.63) is 4.91 Å². The predicted molar refractivity (Wildman–Crippen MR) is 35.4 cm³/mol. The van der Waals surface area contributed by atoms with E-state index in [0.717, 1.165) is 6.92 Å². The van der Waals surface area contributed by atoms with Gasteiger partial charge in [-0.25, -0.2) is 4.79 Å². The highest BCUT2D eigenvalue weighted by molar-refractivity contribution is 5.81. The van der Waals surface area contributed by atoms with Crippen LogP contribution in [0.4, 0.5) is 0 Å². The number of amides is 1. The molecule has 62 valence electrons. The molecule has 6 nitrogen and oxygen atoms in total. The summed E-state index contributed by atoms with van der Waals surface area (Å²) in [4.78, 5) is 30.6. The average molecular weight is 160 g/mol. The number of carbonyl (C=O) groups excluding carboxylic acids is 1. The van der Waals surface area contributed by atoms with Crippen molar-refractivity contribution < 1.29 is 14.7 Å². The molecule has 0 spiro atoms. The van der Waals surface area contributed by atoms with E-state index in [1.54, 1.807) is 0 Å². The summed E-state index contributed by atoms with van der Waals surface area (Å²) in [7, 11) is 0. The third kappa shape index (κ3) is 2.32. The number of nitrogens with zero attached hydrogens (tertiary/aromatic N) is 2. The minimum Gasteiger partial charge on any atom is -0.480 e. The SMILES string of the molecule is CC(=O)N(N=O)[C@@H](C)C(=O)O. The molecule has 0 unspecified atom stereocenters. The summed E-state index contributed by atoms with van der Waals surface area (Å²) in [5.41, 5.74) is 0. The molecule has 0 heterocycles. The fourth-order valence-corrected chi connectivity index (χ4v) is 0.506. The normalized spacial score (nSPS) is 11.8. The highest BCUT2D eigenvalue weighted by Crippen LogP contribution is 1.99. The van der Waals surface area contributed by atoms with Crippen LogP contribution in [0, 0.1) is 4.91 Å². The average Bonchev–Trinajstić information content (AvgIpc) is 1.88. The number of nitroso groups, excluding NO2 is 1. The number of rotatable bonds is 3. The van der Waals surface area contributed by atoms with Crippen LogP contribution >= 0.6 is 0 Å². The molecule has 0 saturated heterocycles. The molecular weight excluding hydrogens is 152 g/mol. The van der Waals surface area contributed by atoms with Gasteiger partial charge in [-0.15, -0.1) is 4.91 Å². The summed E-state index contributed by atoms with van der Waals surface area (Å²) in [5.74, 6) is -1.95. The third-order valence-electron chi connectivity index (χ3n) is 1.13. The Kier molecular flexibility index (Phi) is 3.16. The molecule has 1 amide bonds. The maximum atomic E-state index is 10.5. The molecule has 0 bridgehead atoms. The molecule has 0 fully saturated rings. The highest BCUT2D eigenvalue weighted by Gasteiger charge is 2.23. The first kappa shape index (κ1) is 9.54. The Morgan fingerprint density at radius 3 is 2.09 bits per heavy atom. The first-order chi connectivity index (χ1) is 5.00. The summed E-state index contributed by atoms with van der Waals surface area (Å²) in [6, 6.07) is -1.20. The molecule has 6 heteroatoms. The number of hydrogen-bond acceptors (Lipinski definition) is 4. The van der Waals surface area contributed by atoms with Crippen molar-refractivity contribution in [2.45, 2.75) is 19.9 Å². The van der Waals surface area contributed by atoms with Crippen LogP contribution < -0.4 is 0 Å². The third-order valence-corrected chi connectivity index (χ3v) is 1.13. The Bertz CT molecular complexity index is 191. The molecular formula is C5H8N2O4. The number of hydrogen-bond donors (Lipinski definition) is 1. The number of carbonyl (C=O) groups is 2. The van der Waals surface area contributed by atoms with Gasteiger partial charge in [0.25, 0.3) is 0 Å². The van der Waals surface area contributed by atoms with Gasteiger partial charge >= 0.3 is 5.97 Å². The second-order valence-electron chi connectivity index (χ2n) is 1.96. The van der Waals surface area contributed by atoms with E-state index >= 15 is 0 Å². The first-order valence-electron chi connectivity index (χ1n) is 2.86. The summed E-state index contributed by atoms with van der Waals surface area (Å²) in [6.45, 7) is 2.27. The van der Waals surface area contributed by atoms with E-state index in [9.17, 15) is 14.5 Å². The molecule has 0 aliphatic heterocycles. The molecule has 0 aliphatic rings. The van der Waals surface area contributed by atoms with Gasteiger partial charge in [-0.3, -0.25) is 4.79 Å². The summed E-state index contributed by atoms with van der Waals surface area (Å²) < 4.78 is 0. The number of carboxylic acid groups (broad SMARTS) is 1. The van der Waals surface area contributed by atoms with Gasteiger partial charge < -0.3 is 5.11 Å². The second-order valence-corrected chi connectivity index (χ2v) is 1.96. The van der Waals surface area contributed by atoms with Crippen molar-refractivity contribution in [1.82, 2.24) is 5.01 Å². The smallest absolute Gasteiger partial charge is 0.328 e.